The summed E-state index contributed by atoms with van der Waals surface area (Å²) in [6, 6.07) is 3.76. The van der Waals surface area contributed by atoms with E-state index in [2.05, 4.69) is 0 Å². The molecule has 0 bridgehead atoms. The van der Waals surface area contributed by atoms with Gasteiger partial charge < -0.3 is 16.3 Å². The first-order chi connectivity index (χ1) is 6.32. The monoisotopic (exact) mass is 254 g/mol. The Hall–Kier alpha value is -0.440. The molecule has 0 spiro atoms. The van der Waals surface area contributed by atoms with Crippen molar-refractivity contribution in [2.24, 2.45) is 0 Å². The maximum atomic E-state index is 11.1. The minimum atomic E-state index is -4.12. The van der Waals surface area contributed by atoms with Crippen LogP contribution in [0.25, 0.3) is 5.14 Å². The fraction of sp³-hybridized carbons (Fsp3) is 0.125. The number of Topliss-reactive ketones (excluding diaryl/α,β-unsaturated/α-hetero) is 1. The topological polar surface area (TPSA) is 133 Å². The van der Waals surface area contributed by atoms with E-state index in [-0.39, 0.29) is 45.5 Å². The van der Waals surface area contributed by atoms with Crippen molar-refractivity contribution < 1.29 is 48.2 Å². The van der Waals surface area contributed by atoms with Crippen molar-refractivity contribution in [2.45, 2.75) is 11.8 Å². The zero-order valence-corrected chi connectivity index (χ0v) is 11.8. The molecule has 0 unspecified atom stereocenters. The molecule has 0 fully saturated rings. The van der Waals surface area contributed by atoms with Crippen LogP contribution in [0, 0.1) is 0 Å². The third kappa shape index (κ3) is 4.20. The standard InChI is InChI=1S/C8H9N2O3S.Na.H2O/c1-5(11)7-4-6(9)2-3-8(7)14(10,12)13;;/h2-4H,9H2,1H3,(H-,10,12,13);;1H2/q-1;+1;. The summed E-state index contributed by atoms with van der Waals surface area (Å²) >= 11 is 0. The van der Waals surface area contributed by atoms with E-state index in [4.69, 9.17) is 10.9 Å². The van der Waals surface area contributed by atoms with E-state index in [1.807, 2.05) is 0 Å². The van der Waals surface area contributed by atoms with Gasteiger partial charge in [-0.2, -0.15) is 0 Å². The van der Waals surface area contributed by atoms with E-state index >= 15 is 0 Å². The predicted molar refractivity (Wildman–Crippen MR) is 56.0 cm³/mol. The van der Waals surface area contributed by atoms with E-state index in [1.165, 1.54) is 19.1 Å². The van der Waals surface area contributed by atoms with Gasteiger partial charge in [0.1, 0.15) is 0 Å². The van der Waals surface area contributed by atoms with E-state index < -0.39 is 15.8 Å². The normalized spacial score (nSPS) is 9.88. The van der Waals surface area contributed by atoms with Gasteiger partial charge in [0, 0.05) is 11.3 Å². The smallest absolute Gasteiger partial charge is 0.560 e. The SMILES string of the molecule is CC(=O)c1cc(N)ccc1S([NH-])(=O)=O.O.[Na+]. The molecule has 0 aliphatic carbocycles. The predicted octanol–water partition coefficient (Wildman–Crippen LogP) is -2.61. The van der Waals surface area contributed by atoms with E-state index in [9.17, 15) is 13.2 Å². The number of hydrogen-bond donors (Lipinski definition) is 1. The molecule has 16 heavy (non-hydrogen) atoms. The van der Waals surface area contributed by atoms with Crippen molar-refractivity contribution in [3.63, 3.8) is 0 Å². The summed E-state index contributed by atoms with van der Waals surface area (Å²) in [5.41, 5.74) is 5.65. The number of hydrogen-bond acceptors (Lipinski definition) is 4. The Kier molecular flexibility index (Phi) is 7.10. The number of benzene rings is 1. The van der Waals surface area contributed by atoms with Crippen LogP contribution in [0.5, 0.6) is 0 Å². The van der Waals surface area contributed by atoms with Gasteiger partial charge in [-0.1, -0.05) is 0 Å². The third-order valence-corrected chi connectivity index (χ3v) is 2.61. The van der Waals surface area contributed by atoms with Crippen LogP contribution in [-0.4, -0.2) is 19.7 Å². The van der Waals surface area contributed by atoms with E-state index in [1.54, 1.807) is 0 Å². The van der Waals surface area contributed by atoms with Crippen molar-refractivity contribution >= 4 is 21.5 Å². The van der Waals surface area contributed by atoms with Gasteiger partial charge in [0.25, 0.3) is 0 Å². The van der Waals surface area contributed by atoms with Crippen molar-refractivity contribution in [2.75, 3.05) is 5.73 Å². The number of nitrogens with one attached hydrogen (secondary N) is 1. The number of nitrogen functional groups attached to an aromatic ring is 1. The summed E-state index contributed by atoms with van der Waals surface area (Å²) < 4.78 is 21.9. The first-order valence-corrected chi connectivity index (χ1v) is 5.21. The second kappa shape index (κ2) is 6.33. The molecule has 0 aliphatic heterocycles. The fourth-order valence-electron chi connectivity index (χ4n) is 1.06. The Morgan fingerprint density at radius 3 is 2.25 bits per heavy atom. The largest absolute Gasteiger partial charge is 1.00 e. The number of carbonyl (C=O) groups excluding carboxylic acids is 1. The van der Waals surface area contributed by atoms with E-state index in [0.29, 0.717) is 5.69 Å². The Labute approximate surface area is 116 Å². The van der Waals surface area contributed by atoms with Crippen LogP contribution in [0.1, 0.15) is 17.3 Å². The summed E-state index contributed by atoms with van der Waals surface area (Å²) in [5, 5.41) is 6.86. The molecule has 0 saturated heterocycles. The molecule has 0 aromatic heterocycles. The second-order valence-electron chi connectivity index (χ2n) is 2.82. The van der Waals surface area contributed by atoms with Gasteiger partial charge in [-0.25, -0.2) is 8.42 Å². The molecule has 1 aromatic rings. The fourth-order valence-corrected chi connectivity index (χ4v) is 1.80. The van der Waals surface area contributed by atoms with Gasteiger partial charge in [0.15, 0.2) is 5.78 Å². The van der Waals surface area contributed by atoms with Crippen LogP contribution >= 0.6 is 0 Å². The minimum absolute atomic E-state index is 0. The minimum Gasteiger partial charge on any atom is -0.560 e. The molecule has 5 N–H and O–H groups in total. The van der Waals surface area contributed by atoms with Crippen molar-refractivity contribution in [3.05, 3.63) is 28.9 Å². The Balaban J connectivity index is 0. The zero-order valence-electron chi connectivity index (χ0n) is 8.94. The van der Waals surface area contributed by atoms with Crippen LogP contribution in [-0.2, 0) is 10.0 Å². The summed E-state index contributed by atoms with van der Waals surface area (Å²) in [6.07, 6.45) is 0. The summed E-state index contributed by atoms with van der Waals surface area (Å²) in [4.78, 5) is 10.8. The summed E-state index contributed by atoms with van der Waals surface area (Å²) in [6.45, 7) is 1.23. The number of sulfonamides is 1. The molecule has 1 aromatic carbocycles. The maximum absolute atomic E-state index is 11.1. The van der Waals surface area contributed by atoms with Crippen molar-refractivity contribution in [1.82, 2.24) is 0 Å². The molecule has 0 saturated carbocycles. The Bertz CT molecular complexity index is 487. The average Bonchev–Trinajstić information content (AvgIpc) is 2.01. The van der Waals surface area contributed by atoms with Crippen LogP contribution in [0.3, 0.4) is 0 Å². The first-order valence-electron chi connectivity index (χ1n) is 3.72. The van der Waals surface area contributed by atoms with Crippen LogP contribution in [0.15, 0.2) is 23.1 Å². The molecule has 0 atom stereocenters. The third-order valence-electron chi connectivity index (χ3n) is 1.67. The van der Waals surface area contributed by atoms with Gasteiger partial charge in [-0.15, -0.1) is 0 Å². The molecular weight excluding hydrogens is 243 g/mol. The van der Waals surface area contributed by atoms with Crippen LogP contribution in [0.2, 0.25) is 0 Å². The molecule has 6 nitrogen and oxygen atoms in total. The zero-order chi connectivity index (χ0) is 10.9. The Morgan fingerprint density at radius 1 is 1.38 bits per heavy atom. The molecule has 1 rings (SSSR count). The van der Waals surface area contributed by atoms with Crippen LogP contribution in [0.4, 0.5) is 5.69 Å². The van der Waals surface area contributed by atoms with E-state index in [0.717, 1.165) is 6.07 Å². The average molecular weight is 254 g/mol. The maximum Gasteiger partial charge on any atom is 1.00 e. The van der Waals surface area contributed by atoms with Gasteiger partial charge in [-0.3, -0.25) is 4.79 Å². The molecule has 84 valence electrons. The van der Waals surface area contributed by atoms with Gasteiger partial charge >= 0.3 is 29.6 Å². The molecule has 0 amide bonds. The summed E-state index contributed by atoms with van der Waals surface area (Å²) in [7, 11) is -4.12. The molecule has 8 heteroatoms. The number of rotatable bonds is 2. The molecule has 0 radical (unpaired) electrons. The number of anilines is 1. The van der Waals surface area contributed by atoms with Gasteiger partial charge in [0.05, 0.1) is 14.9 Å². The summed E-state index contributed by atoms with van der Waals surface area (Å²) in [5.74, 6) is -0.428. The Morgan fingerprint density at radius 2 is 1.88 bits per heavy atom. The van der Waals surface area contributed by atoms with Crippen molar-refractivity contribution in [3.8, 4) is 0 Å². The van der Waals surface area contributed by atoms with Gasteiger partial charge in [0.2, 0.25) is 0 Å². The quantitative estimate of drug-likeness (QED) is 0.351. The van der Waals surface area contributed by atoms with Crippen molar-refractivity contribution in [1.29, 1.82) is 0 Å². The first kappa shape index (κ1) is 17.9. The number of ketones is 1. The molecule has 0 aliphatic rings. The number of carbonyl (C=O) groups is 1. The molecule has 0 heterocycles. The number of nitrogens with two attached hydrogens (primary N) is 1. The van der Waals surface area contributed by atoms with Gasteiger partial charge in [-0.05, 0) is 25.1 Å². The van der Waals surface area contributed by atoms with Crippen LogP contribution < -0.4 is 35.3 Å². The second-order valence-corrected chi connectivity index (χ2v) is 4.26. The molecular formula is C8H11N2NaO4S.